The number of nitrogens with zero attached hydrogens (tertiary/aromatic N) is 2. The second kappa shape index (κ2) is 11.9. The van der Waals surface area contributed by atoms with Gasteiger partial charge in [0.25, 0.3) is 0 Å². The van der Waals surface area contributed by atoms with Gasteiger partial charge < -0.3 is 10.2 Å². The topological polar surface area (TPSA) is 86.8 Å². The molecule has 7 nitrogen and oxygen atoms in total. The second-order valence-electron chi connectivity index (χ2n) is 10.2. The average Bonchev–Trinajstić information content (AvgIpc) is 3.33. The number of aryl methyl sites for hydroxylation is 1. The van der Waals surface area contributed by atoms with E-state index in [1.54, 1.807) is 19.1 Å². The standard InChI is InChI=1S/C28H39N3O4S/c1-20(2)24-13-15-26(16-14-24)31(36(5,34)35)19-27(32)30(18-23-10-8-9-21(3)17-23)22(4)28(33)29-25-11-6-7-12-25/h8-10,13-17,20,22,25H,6-7,11-12,18-19H2,1-5H3,(H,29,33)/t22-/m1/s1. The van der Waals surface area contributed by atoms with E-state index in [1.165, 1.54) is 4.90 Å². The predicted octanol–water partition coefficient (Wildman–Crippen LogP) is 4.36. The van der Waals surface area contributed by atoms with Crippen molar-refractivity contribution in [2.75, 3.05) is 17.1 Å². The van der Waals surface area contributed by atoms with E-state index in [9.17, 15) is 18.0 Å². The number of hydrogen-bond donors (Lipinski definition) is 1. The molecule has 0 radical (unpaired) electrons. The molecule has 1 fully saturated rings. The van der Waals surface area contributed by atoms with E-state index in [1.807, 2.05) is 43.3 Å². The van der Waals surface area contributed by atoms with Gasteiger partial charge in [-0.05, 0) is 55.9 Å². The van der Waals surface area contributed by atoms with E-state index in [-0.39, 0.29) is 25.0 Å². The van der Waals surface area contributed by atoms with Gasteiger partial charge in [0, 0.05) is 12.6 Å². The van der Waals surface area contributed by atoms with E-state index >= 15 is 0 Å². The molecule has 2 aromatic carbocycles. The van der Waals surface area contributed by atoms with Gasteiger partial charge in [0.15, 0.2) is 0 Å². The van der Waals surface area contributed by atoms with Gasteiger partial charge in [0.2, 0.25) is 21.8 Å². The number of nitrogens with one attached hydrogen (secondary N) is 1. The number of benzene rings is 2. The van der Waals surface area contributed by atoms with Gasteiger partial charge in [-0.2, -0.15) is 0 Å². The molecule has 1 aliphatic carbocycles. The number of carbonyl (C=O) groups is 2. The third kappa shape index (κ3) is 7.32. The maximum atomic E-state index is 13.7. The SMILES string of the molecule is Cc1cccc(CN(C(=O)CN(c2ccc(C(C)C)cc2)S(C)(=O)=O)[C@H](C)C(=O)NC2CCCC2)c1. The first-order valence-corrected chi connectivity index (χ1v) is 14.5. The van der Waals surface area contributed by atoms with E-state index in [2.05, 4.69) is 19.2 Å². The summed E-state index contributed by atoms with van der Waals surface area (Å²) in [7, 11) is -3.74. The summed E-state index contributed by atoms with van der Waals surface area (Å²) >= 11 is 0. The Bertz CT molecular complexity index is 1160. The highest BCUT2D eigenvalue weighted by molar-refractivity contribution is 7.92. The van der Waals surface area contributed by atoms with E-state index in [4.69, 9.17) is 0 Å². The van der Waals surface area contributed by atoms with Gasteiger partial charge >= 0.3 is 0 Å². The van der Waals surface area contributed by atoms with Gasteiger partial charge in [-0.3, -0.25) is 13.9 Å². The molecule has 0 aliphatic heterocycles. The van der Waals surface area contributed by atoms with Crippen LogP contribution in [0.25, 0.3) is 0 Å². The van der Waals surface area contributed by atoms with Crippen LogP contribution in [0.2, 0.25) is 0 Å². The normalized spacial score (nSPS) is 15.1. The summed E-state index contributed by atoms with van der Waals surface area (Å²) in [6, 6.07) is 14.4. The molecule has 0 bridgehead atoms. The minimum atomic E-state index is -3.74. The fourth-order valence-electron chi connectivity index (χ4n) is 4.62. The van der Waals surface area contributed by atoms with Crippen molar-refractivity contribution in [1.82, 2.24) is 10.2 Å². The zero-order valence-electron chi connectivity index (χ0n) is 22.0. The van der Waals surface area contributed by atoms with E-state index < -0.39 is 22.0 Å². The van der Waals surface area contributed by atoms with Crippen LogP contribution in [0, 0.1) is 6.92 Å². The summed E-state index contributed by atoms with van der Waals surface area (Å²) in [6.07, 6.45) is 5.16. The molecule has 2 amide bonds. The predicted molar refractivity (Wildman–Crippen MR) is 144 cm³/mol. The van der Waals surface area contributed by atoms with E-state index in [0.717, 1.165) is 52.9 Å². The van der Waals surface area contributed by atoms with Gasteiger partial charge in [-0.25, -0.2) is 8.42 Å². The molecule has 1 aliphatic rings. The second-order valence-corrected chi connectivity index (χ2v) is 12.1. The van der Waals surface area contributed by atoms with Crippen LogP contribution in [0.1, 0.15) is 69.1 Å². The molecule has 1 atom stereocenters. The summed E-state index contributed by atoms with van der Waals surface area (Å²) in [5.41, 5.74) is 3.44. The maximum absolute atomic E-state index is 13.7. The summed E-state index contributed by atoms with van der Waals surface area (Å²) < 4.78 is 26.6. The Hall–Kier alpha value is -2.87. The quantitative estimate of drug-likeness (QED) is 0.511. The average molecular weight is 514 g/mol. The molecule has 1 N–H and O–H groups in total. The Morgan fingerprint density at radius 3 is 2.22 bits per heavy atom. The minimum Gasteiger partial charge on any atom is -0.352 e. The number of sulfonamides is 1. The van der Waals surface area contributed by atoms with Gasteiger partial charge in [-0.15, -0.1) is 0 Å². The van der Waals surface area contributed by atoms with Crippen LogP contribution < -0.4 is 9.62 Å². The first kappa shape index (κ1) is 27.7. The summed E-state index contributed by atoms with van der Waals surface area (Å²) in [5.74, 6) is -0.338. The largest absolute Gasteiger partial charge is 0.352 e. The van der Waals surface area contributed by atoms with Crippen molar-refractivity contribution in [1.29, 1.82) is 0 Å². The van der Waals surface area contributed by atoms with Gasteiger partial charge in [-0.1, -0.05) is 68.7 Å². The van der Waals surface area contributed by atoms with Crippen LogP contribution in [0.15, 0.2) is 48.5 Å². The molecule has 36 heavy (non-hydrogen) atoms. The third-order valence-electron chi connectivity index (χ3n) is 6.83. The zero-order chi connectivity index (χ0) is 26.5. The molecule has 196 valence electrons. The van der Waals surface area contributed by atoms with Crippen molar-refractivity contribution in [2.24, 2.45) is 0 Å². The van der Waals surface area contributed by atoms with Crippen LogP contribution in [0.3, 0.4) is 0 Å². The maximum Gasteiger partial charge on any atom is 0.244 e. The summed E-state index contributed by atoms with van der Waals surface area (Å²) in [4.78, 5) is 28.3. The Morgan fingerprint density at radius 1 is 1.03 bits per heavy atom. The lowest BCUT2D eigenvalue weighted by Crippen LogP contribution is -2.52. The molecule has 3 rings (SSSR count). The first-order chi connectivity index (χ1) is 17.0. The Morgan fingerprint density at radius 2 is 1.67 bits per heavy atom. The molecule has 0 unspecified atom stereocenters. The fourth-order valence-corrected chi connectivity index (χ4v) is 5.47. The summed E-state index contributed by atoms with van der Waals surface area (Å²) in [5, 5.41) is 3.08. The fraction of sp³-hybridized carbons (Fsp3) is 0.500. The lowest BCUT2D eigenvalue weighted by atomic mass is 10.0. The number of rotatable bonds is 10. The monoisotopic (exact) mass is 513 g/mol. The number of anilines is 1. The first-order valence-electron chi connectivity index (χ1n) is 12.7. The molecule has 2 aromatic rings. The van der Waals surface area contributed by atoms with Crippen LogP contribution in [-0.4, -0.2) is 50.0 Å². The molecule has 0 heterocycles. The number of hydrogen-bond acceptors (Lipinski definition) is 4. The van der Waals surface area contributed by atoms with Crippen LogP contribution in [-0.2, 0) is 26.2 Å². The number of carbonyl (C=O) groups excluding carboxylic acids is 2. The lowest BCUT2D eigenvalue weighted by Gasteiger charge is -2.32. The van der Waals surface area contributed by atoms with Crippen molar-refractivity contribution in [3.8, 4) is 0 Å². The van der Waals surface area contributed by atoms with Crippen LogP contribution in [0.5, 0.6) is 0 Å². The van der Waals surface area contributed by atoms with Gasteiger partial charge in [0.05, 0.1) is 11.9 Å². The molecule has 0 spiro atoms. The molecule has 0 saturated heterocycles. The van der Waals surface area contributed by atoms with Crippen LogP contribution >= 0.6 is 0 Å². The van der Waals surface area contributed by atoms with Crippen molar-refractivity contribution in [3.63, 3.8) is 0 Å². The smallest absolute Gasteiger partial charge is 0.244 e. The van der Waals surface area contributed by atoms with Crippen molar-refractivity contribution < 1.29 is 18.0 Å². The highest BCUT2D eigenvalue weighted by Gasteiger charge is 2.31. The minimum absolute atomic E-state index is 0.128. The Kier molecular flexibility index (Phi) is 9.17. The van der Waals surface area contributed by atoms with Crippen molar-refractivity contribution in [3.05, 3.63) is 65.2 Å². The third-order valence-corrected chi connectivity index (χ3v) is 7.97. The molecule has 8 heteroatoms. The van der Waals surface area contributed by atoms with E-state index in [0.29, 0.717) is 11.6 Å². The van der Waals surface area contributed by atoms with Crippen molar-refractivity contribution in [2.45, 2.75) is 77.9 Å². The van der Waals surface area contributed by atoms with Gasteiger partial charge in [0.1, 0.15) is 12.6 Å². The molecular weight excluding hydrogens is 474 g/mol. The Labute approximate surface area is 215 Å². The summed E-state index contributed by atoms with van der Waals surface area (Å²) in [6.45, 7) is 7.64. The molecule has 1 saturated carbocycles. The van der Waals surface area contributed by atoms with Crippen molar-refractivity contribution >= 4 is 27.5 Å². The molecule has 0 aromatic heterocycles. The highest BCUT2D eigenvalue weighted by Crippen LogP contribution is 2.23. The Balaban J connectivity index is 1.87. The number of amides is 2. The zero-order valence-corrected chi connectivity index (χ0v) is 22.8. The highest BCUT2D eigenvalue weighted by atomic mass is 32.2. The van der Waals surface area contributed by atoms with Crippen LogP contribution in [0.4, 0.5) is 5.69 Å². The lowest BCUT2D eigenvalue weighted by molar-refractivity contribution is -0.139. The molecular formula is C28H39N3O4S.